The lowest BCUT2D eigenvalue weighted by atomic mass is 10.00. The van der Waals surface area contributed by atoms with Crippen molar-refractivity contribution >= 4 is 34.8 Å². The Labute approximate surface area is 431 Å². The molecule has 0 radical (unpaired) electrons. The van der Waals surface area contributed by atoms with Crippen LogP contribution in [0.2, 0.25) is 0 Å². The van der Waals surface area contributed by atoms with Crippen molar-refractivity contribution in [1.82, 2.24) is 10.6 Å². The van der Waals surface area contributed by atoms with Crippen molar-refractivity contribution in [2.75, 3.05) is 24.1 Å². The van der Waals surface area contributed by atoms with E-state index in [0.29, 0.717) is 40.2 Å². The van der Waals surface area contributed by atoms with Gasteiger partial charge in [-0.2, -0.15) is 36.5 Å². The van der Waals surface area contributed by atoms with Gasteiger partial charge in [0.15, 0.2) is 11.6 Å². The lowest BCUT2D eigenvalue weighted by Gasteiger charge is -2.24. The van der Waals surface area contributed by atoms with Crippen LogP contribution in [0.5, 0.6) is 0 Å². The van der Waals surface area contributed by atoms with Crippen molar-refractivity contribution in [3.63, 3.8) is 0 Å². The molecule has 2 aliphatic heterocycles. The van der Waals surface area contributed by atoms with E-state index in [1.165, 1.54) is 24.3 Å². The van der Waals surface area contributed by atoms with Crippen LogP contribution in [0.4, 0.5) is 55.3 Å². The maximum absolute atomic E-state index is 14.1. The fraction of sp³-hybridized carbons (Fsp3) is 0.283. The molecule has 0 aromatic heterocycles. The molecule has 6 aromatic carbocycles. The number of alkyl halides is 6. The fourth-order valence-electron chi connectivity index (χ4n) is 7.44. The second-order valence-corrected chi connectivity index (χ2v) is 17.8. The Morgan fingerprint density at radius 1 is 0.573 bits per heavy atom. The second kappa shape index (κ2) is 27.4. The Kier molecular flexibility index (Phi) is 21.8. The van der Waals surface area contributed by atoms with Gasteiger partial charge in [-0.25, -0.2) is 22.8 Å². The average Bonchev–Trinajstić information content (AvgIpc) is 4.06. The van der Waals surface area contributed by atoms with Gasteiger partial charge < -0.3 is 20.8 Å². The molecule has 75 heavy (non-hydrogen) atoms. The highest BCUT2D eigenvalue weighted by Gasteiger charge is 2.45. The quantitative estimate of drug-likeness (QED) is 0.0329. The van der Waals surface area contributed by atoms with Crippen LogP contribution in [-0.2, 0) is 9.37 Å². The third-order valence-electron chi connectivity index (χ3n) is 11.8. The largest absolute Gasteiger partial charge is 0.431 e. The van der Waals surface area contributed by atoms with Gasteiger partial charge >= 0.3 is 12.4 Å². The summed E-state index contributed by atoms with van der Waals surface area (Å²) < 4.78 is 137. The van der Waals surface area contributed by atoms with Gasteiger partial charge in [0.05, 0.1) is 47.7 Å². The van der Waals surface area contributed by atoms with E-state index in [1.54, 1.807) is 24.3 Å². The maximum atomic E-state index is 14.1. The van der Waals surface area contributed by atoms with Crippen LogP contribution in [0.15, 0.2) is 161 Å². The van der Waals surface area contributed by atoms with Gasteiger partial charge in [-0.05, 0) is 93.5 Å². The van der Waals surface area contributed by atoms with Gasteiger partial charge in [0, 0.05) is 42.0 Å². The number of likely N-dealkylation sites (N-methyl/N-ethyl adjacent to an activating group) is 2. The van der Waals surface area contributed by atoms with E-state index in [2.05, 4.69) is 30.2 Å². The Bertz CT molecular complexity index is 2730. The first-order valence-corrected chi connectivity index (χ1v) is 23.7. The Hall–Kier alpha value is -6.37. The molecule has 5 N–H and O–H groups in total. The topological polar surface area (TPSA) is 134 Å². The van der Waals surface area contributed by atoms with Crippen molar-refractivity contribution in [3.8, 4) is 0 Å². The zero-order valence-electron chi connectivity index (χ0n) is 40.9. The fourth-order valence-corrected chi connectivity index (χ4v) is 7.80. The molecule has 0 saturated carbocycles. The number of anilines is 2. The molecule has 0 amide bonds. The number of nitrogens with one attached hydrogen (secondary N) is 2. The zero-order valence-corrected chi connectivity index (χ0v) is 41.7. The van der Waals surface area contributed by atoms with Gasteiger partial charge in [-0.1, -0.05) is 108 Å². The third kappa shape index (κ3) is 16.8. The molecule has 402 valence electrons. The van der Waals surface area contributed by atoms with E-state index < -0.39 is 84.2 Å². The Morgan fingerprint density at radius 2 is 0.947 bits per heavy atom. The first-order valence-electron chi connectivity index (χ1n) is 23.0. The number of hydrazone groups is 2. The lowest BCUT2D eigenvalue weighted by Crippen LogP contribution is -2.28. The van der Waals surface area contributed by atoms with Crippen molar-refractivity contribution in [3.05, 3.63) is 197 Å². The predicted octanol–water partition coefficient (Wildman–Crippen LogP) is 13.1. The van der Waals surface area contributed by atoms with Crippen molar-refractivity contribution < 1.29 is 68.7 Å². The van der Waals surface area contributed by atoms with Crippen LogP contribution >= 0.6 is 12.0 Å². The predicted molar refractivity (Wildman–Crippen MR) is 267 cm³/mol. The molecule has 0 aliphatic carbocycles. The number of aryl methyl sites for hydroxylation is 1. The Balaban J connectivity index is 0.000000197. The number of halogens is 10. The van der Waals surface area contributed by atoms with E-state index in [-0.39, 0.29) is 23.5 Å². The summed E-state index contributed by atoms with van der Waals surface area (Å²) in [5.41, 5.74) is 1.36. The lowest BCUT2D eigenvalue weighted by molar-refractivity contribution is -0.432. The average molecular weight is 1080 g/mol. The van der Waals surface area contributed by atoms with E-state index in [1.807, 2.05) is 95.5 Å². The van der Waals surface area contributed by atoms with Crippen LogP contribution < -0.4 is 20.7 Å². The number of aliphatic hydroxyl groups is 2. The summed E-state index contributed by atoms with van der Waals surface area (Å²) in [6.45, 7) is 5.77. The number of benzene rings is 6. The first-order chi connectivity index (χ1) is 35.6. The monoisotopic (exact) mass is 1080 g/mol. The van der Waals surface area contributed by atoms with Crippen LogP contribution in [0.1, 0.15) is 78.8 Å². The molecule has 22 heteroatoms. The smallest absolute Gasteiger partial charge is 0.387 e. The summed E-state index contributed by atoms with van der Waals surface area (Å²) in [5, 5.41) is 46.0. The standard InChI is InChI=1S/C17H13F5N2.C16H11F5N2O3S.2C10H15NO/c1-10-2-4-11(5-3-10)15-9-16(17(20,21)22)23-24(15)14-7-6-12(18)8-13(14)19;17-10-3-6-13(12(18)7-10)23-14(8-15(22-23)16(19,20)21)9-1-4-11(5-2-9)27-26-25-24;2*1-8(11-2)10(12)9-6-4-3-5-7-9/h2-8,15H,9H2,1H3;1-7,14,24H,8H2;2*3-8,10-12H,1-2H3/t15-;14-;2*8-,10-/m0010/s1. The third-order valence-corrected chi connectivity index (χ3v) is 12.4. The number of nitrogens with zero attached hydrogens (tertiary/aromatic N) is 4. The number of rotatable bonds is 13. The minimum absolute atomic E-state index is 0.0902. The normalized spacial score (nSPS) is 17.0. The molecule has 6 atom stereocenters. The molecular formula is C53H54F10N6O5S. The Morgan fingerprint density at radius 3 is 1.28 bits per heavy atom. The van der Waals surface area contributed by atoms with Crippen molar-refractivity contribution in [1.29, 1.82) is 0 Å². The molecule has 6 aromatic rings. The summed E-state index contributed by atoms with van der Waals surface area (Å²) in [7, 11) is 3.69. The van der Waals surface area contributed by atoms with E-state index >= 15 is 0 Å². The molecule has 0 saturated heterocycles. The van der Waals surface area contributed by atoms with E-state index in [9.17, 15) is 54.1 Å². The van der Waals surface area contributed by atoms with Crippen LogP contribution in [0, 0.1) is 30.2 Å². The molecular weight excluding hydrogens is 1020 g/mol. The summed E-state index contributed by atoms with van der Waals surface area (Å²) >= 11 is 0.682. The highest BCUT2D eigenvalue weighted by atomic mass is 32.2. The zero-order chi connectivity index (χ0) is 55.0. The maximum Gasteiger partial charge on any atom is 0.431 e. The van der Waals surface area contributed by atoms with E-state index in [0.717, 1.165) is 51.0 Å². The molecule has 2 heterocycles. The van der Waals surface area contributed by atoms with E-state index in [4.69, 9.17) is 5.26 Å². The van der Waals surface area contributed by atoms with Crippen molar-refractivity contribution in [2.24, 2.45) is 10.2 Å². The summed E-state index contributed by atoms with van der Waals surface area (Å²) in [6.07, 6.45) is -11.0. The summed E-state index contributed by atoms with van der Waals surface area (Å²) in [5.74, 6) is -3.63. The van der Waals surface area contributed by atoms with Crippen LogP contribution in [0.25, 0.3) is 0 Å². The minimum atomic E-state index is -4.67. The molecule has 8 rings (SSSR count). The first kappa shape index (κ1) is 59.5. The van der Waals surface area contributed by atoms with Gasteiger partial charge in [0.2, 0.25) is 0 Å². The highest BCUT2D eigenvalue weighted by Crippen LogP contribution is 2.42. The van der Waals surface area contributed by atoms with Gasteiger partial charge in [-0.15, -0.1) is 4.33 Å². The van der Waals surface area contributed by atoms with Crippen molar-refractivity contribution in [2.45, 2.75) is 87.2 Å². The number of hydrogen-bond donors (Lipinski definition) is 5. The minimum Gasteiger partial charge on any atom is -0.387 e. The van der Waals surface area contributed by atoms with Gasteiger partial charge in [-0.3, -0.25) is 10.0 Å². The highest BCUT2D eigenvalue weighted by molar-refractivity contribution is 7.94. The van der Waals surface area contributed by atoms with Gasteiger partial charge in [0.1, 0.15) is 23.1 Å². The van der Waals surface area contributed by atoms with Crippen LogP contribution in [-0.4, -0.2) is 65.4 Å². The number of hydrogen-bond acceptors (Lipinski definition) is 12. The molecule has 0 unspecified atom stereocenters. The molecule has 0 bridgehead atoms. The van der Waals surface area contributed by atoms with Gasteiger partial charge in [0.25, 0.3) is 0 Å². The van der Waals surface area contributed by atoms with Crippen LogP contribution in [0.3, 0.4) is 0 Å². The molecule has 0 fully saturated rings. The summed E-state index contributed by atoms with van der Waals surface area (Å²) in [4.78, 5) is 0.502. The second-order valence-electron chi connectivity index (χ2n) is 17.0. The summed E-state index contributed by atoms with van der Waals surface area (Å²) in [6, 6.07) is 36.0. The molecule has 2 aliphatic rings. The molecule has 0 spiro atoms. The SMILES string of the molecule is CN[C@@H](C)[C@H](O)c1ccccc1.CN[C@H](C)[C@@H](O)c1ccccc1.Cc1ccc([C@@H]2CC(C(F)(F)F)=NN2c2ccc(F)cc2F)cc1.OOOSc1ccc([C@@H]2CC(C(F)(F)F)=NN2c2ccc(F)cc2F)cc1. The molecule has 11 nitrogen and oxygen atoms in total. The number of aliphatic hydroxyl groups excluding tert-OH is 2.